The number of hydrogen-bond donors (Lipinski definition) is 1. The van der Waals surface area contributed by atoms with Gasteiger partial charge in [-0.3, -0.25) is 14.9 Å². The molecule has 0 aromatic heterocycles. The Morgan fingerprint density at radius 3 is 2.54 bits per heavy atom. The number of carbonyl (C=O) groups is 3. The monoisotopic (exact) mass is 458 g/mol. The van der Waals surface area contributed by atoms with E-state index in [-0.39, 0.29) is 17.2 Å². The van der Waals surface area contributed by atoms with Crippen molar-refractivity contribution in [2.24, 2.45) is 0 Å². The SMILES string of the molecule is C#CCOc1ccc(/C=C2\C(=O)NC(=O)N(c3ccc(Br)cc3)C2=O)cc1Cl. The molecule has 1 N–H and O–H groups in total. The Labute approximate surface area is 174 Å². The van der Waals surface area contributed by atoms with Crippen LogP contribution in [0.5, 0.6) is 5.75 Å². The fourth-order valence-corrected chi connectivity index (χ4v) is 3.00. The molecule has 2 aromatic carbocycles. The van der Waals surface area contributed by atoms with Gasteiger partial charge in [0.05, 0.1) is 10.7 Å². The van der Waals surface area contributed by atoms with Crippen molar-refractivity contribution < 1.29 is 19.1 Å². The summed E-state index contributed by atoms with van der Waals surface area (Å²) in [5, 5.41) is 2.44. The number of rotatable bonds is 4. The van der Waals surface area contributed by atoms with Crippen LogP contribution in [0.3, 0.4) is 0 Å². The lowest BCUT2D eigenvalue weighted by Crippen LogP contribution is -2.54. The van der Waals surface area contributed by atoms with E-state index in [1.165, 1.54) is 12.1 Å². The lowest BCUT2D eigenvalue weighted by Gasteiger charge is -2.26. The minimum absolute atomic E-state index is 0.0608. The van der Waals surface area contributed by atoms with Gasteiger partial charge in [0, 0.05) is 4.47 Å². The lowest BCUT2D eigenvalue weighted by molar-refractivity contribution is -0.122. The summed E-state index contributed by atoms with van der Waals surface area (Å²) >= 11 is 9.43. The van der Waals surface area contributed by atoms with Gasteiger partial charge < -0.3 is 4.74 Å². The third-order valence-electron chi connectivity index (χ3n) is 3.76. The summed E-state index contributed by atoms with van der Waals surface area (Å²) in [5.74, 6) is 1.19. The number of halogens is 2. The molecule has 6 nitrogen and oxygen atoms in total. The van der Waals surface area contributed by atoms with Crippen LogP contribution in [0.1, 0.15) is 5.56 Å². The molecule has 0 bridgehead atoms. The molecule has 1 fully saturated rings. The highest BCUT2D eigenvalue weighted by Crippen LogP contribution is 2.28. The van der Waals surface area contributed by atoms with Crippen LogP contribution in [0.4, 0.5) is 10.5 Å². The molecule has 1 saturated heterocycles. The van der Waals surface area contributed by atoms with Gasteiger partial charge in [0.15, 0.2) is 0 Å². The first-order valence-corrected chi connectivity index (χ1v) is 9.10. The normalized spacial score (nSPS) is 15.4. The molecule has 0 atom stereocenters. The molecule has 0 radical (unpaired) electrons. The third-order valence-corrected chi connectivity index (χ3v) is 4.59. The largest absolute Gasteiger partial charge is 0.479 e. The first kappa shape index (κ1) is 19.7. The first-order chi connectivity index (χ1) is 13.4. The molecule has 1 aliphatic heterocycles. The number of terminal acetylenes is 1. The summed E-state index contributed by atoms with van der Waals surface area (Å²) in [6, 6.07) is 10.5. The lowest BCUT2D eigenvalue weighted by atomic mass is 10.1. The van der Waals surface area contributed by atoms with E-state index in [4.69, 9.17) is 22.8 Å². The van der Waals surface area contributed by atoms with Crippen LogP contribution in [0.15, 0.2) is 52.5 Å². The van der Waals surface area contributed by atoms with Crippen molar-refractivity contribution in [3.05, 3.63) is 63.1 Å². The maximum absolute atomic E-state index is 12.8. The van der Waals surface area contributed by atoms with Gasteiger partial charge in [0.1, 0.15) is 17.9 Å². The molecular weight excluding hydrogens is 448 g/mol. The van der Waals surface area contributed by atoms with Crippen LogP contribution in [-0.4, -0.2) is 24.5 Å². The molecular formula is C20H12BrClN2O4. The number of barbiturate groups is 1. The Bertz CT molecular complexity index is 1040. The highest BCUT2D eigenvalue weighted by atomic mass is 79.9. The smallest absolute Gasteiger partial charge is 0.335 e. The van der Waals surface area contributed by atoms with Crippen LogP contribution in [0, 0.1) is 12.3 Å². The molecule has 140 valence electrons. The van der Waals surface area contributed by atoms with Crippen LogP contribution in [0.2, 0.25) is 5.02 Å². The van der Waals surface area contributed by atoms with Gasteiger partial charge in [-0.1, -0.05) is 39.5 Å². The second-order valence-electron chi connectivity index (χ2n) is 5.62. The molecule has 28 heavy (non-hydrogen) atoms. The number of urea groups is 1. The van der Waals surface area contributed by atoms with Gasteiger partial charge in [0.25, 0.3) is 11.8 Å². The van der Waals surface area contributed by atoms with Gasteiger partial charge in [-0.25, -0.2) is 9.69 Å². The van der Waals surface area contributed by atoms with Gasteiger partial charge in [-0.15, -0.1) is 6.42 Å². The van der Waals surface area contributed by atoms with E-state index in [2.05, 4.69) is 27.2 Å². The first-order valence-electron chi connectivity index (χ1n) is 7.93. The van der Waals surface area contributed by atoms with E-state index in [1.54, 1.807) is 36.4 Å². The topological polar surface area (TPSA) is 75.7 Å². The Morgan fingerprint density at radius 2 is 1.89 bits per heavy atom. The Hall–Kier alpha value is -3.08. The number of nitrogens with zero attached hydrogens (tertiary/aromatic N) is 1. The minimum atomic E-state index is -0.814. The zero-order valence-electron chi connectivity index (χ0n) is 14.2. The van der Waals surface area contributed by atoms with Crippen molar-refractivity contribution in [2.45, 2.75) is 0 Å². The summed E-state index contributed by atoms with van der Waals surface area (Å²) < 4.78 is 6.07. The van der Waals surface area contributed by atoms with Crippen LogP contribution >= 0.6 is 27.5 Å². The molecule has 0 aliphatic carbocycles. The number of hydrogen-bond acceptors (Lipinski definition) is 4. The predicted octanol–water partition coefficient (Wildman–Crippen LogP) is 3.78. The van der Waals surface area contributed by atoms with Crippen molar-refractivity contribution in [1.29, 1.82) is 0 Å². The minimum Gasteiger partial charge on any atom is -0.479 e. The number of carbonyl (C=O) groups excluding carboxylic acids is 3. The second-order valence-corrected chi connectivity index (χ2v) is 6.94. The van der Waals surface area contributed by atoms with Crippen molar-refractivity contribution in [3.63, 3.8) is 0 Å². The van der Waals surface area contributed by atoms with E-state index < -0.39 is 17.8 Å². The van der Waals surface area contributed by atoms with Crippen LogP contribution < -0.4 is 15.0 Å². The zero-order valence-corrected chi connectivity index (χ0v) is 16.6. The fraction of sp³-hybridized carbons (Fsp3) is 0.0500. The average Bonchev–Trinajstić information content (AvgIpc) is 2.66. The molecule has 0 spiro atoms. The van der Waals surface area contributed by atoms with Gasteiger partial charge in [-0.05, 0) is 48.0 Å². The Morgan fingerprint density at radius 1 is 1.18 bits per heavy atom. The average molecular weight is 460 g/mol. The van der Waals surface area contributed by atoms with Crippen molar-refractivity contribution in [1.82, 2.24) is 5.32 Å². The summed E-state index contributed by atoms with van der Waals surface area (Å²) in [6.07, 6.45) is 6.50. The van der Waals surface area contributed by atoms with Crippen molar-refractivity contribution in [3.8, 4) is 18.1 Å². The second kappa shape index (κ2) is 8.30. The molecule has 0 unspecified atom stereocenters. The maximum atomic E-state index is 12.8. The molecule has 8 heteroatoms. The number of ether oxygens (including phenoxy) is 1. The van der Waals surface area contributed by atoms with Crippen LogP contribution in [0.25, 0.3) is 6.08 Å². The third kappa shape index (κ3) is 4.09. The number of imide groups is 2. The van der Waals surface area contributed by atoms with E-state index in [9.17, 15) is 14.4 Å². The zero-order chi connectivity index (χ0) is 20.3. The molecule has 2 aromatic rings. The number of anilines is 1. The van der Waals surface area contributed by atoms with E-state index in [0.29, 0.717) is 17.0 Å². The molecule has 0 saturated carbocycles. The number of benzene rings is 2. The standard InChI is InChI=1S/C20H12BrClN2O4/c1-2-9-28-17-8-3-12(11-16(17)22)10-15-18(25)23-20(27)24(19(15)26)14-6-4-13(21)5-7-14/h1,3-8,10-11H,9H2,(H,23,25,27)/b15-10+. The van der Waals surface area contributed by atoms with E-state index in [1.807, 2.05) is 0 Å². The number of nitrogens with one attached hydrogen (secondary N) is 1. The molecule has 1 heterocycles. The highest BCUT2D eigenvalue weighted by molar-refractivity contribution is 9.10. The van der Waals surface area contributed by atoms with E-state index >= 15 is 0 Å². The number of amides is 4. The van der Waals surface area contributed by atoms with Crippen LogP contribution in [-0.2, 0) is 9.59 Å². The summed E-state index contributed by atoms with van der Waals surface area (Å²) in [7, 11) is 0. The summed E-state index contributed by atoms with van der Waals surface area (Å²) in [4.78, 5) is 38.1. The predicted molar refractivity (Wildman–Crippen MR) is 109 cm³/mol. The Kier molecular flexibility index (Phi) is 5.83. The highest BCUT2D eigenvalue weighted by Gasteiger charge is 2.36. The van der Waals surface area contributed by atoms with Crippen molar-refractivity contribution in [2.75, 3.05) is 11.5 Å². The molecule has 1 aliphatic rings. The quantitative estimate of drug-likeness (QED) is 0.429. The maximum Gasteiger partial charge on any atom is 0.335 e. The fourth-order valence-electron chi connectivity index (χ4n) is 2.49. The van der Waals surface area contributed by atoms with Crippen molar-refractivity contribution >= 4 is 57.1 Å². The van der Waals surface area contributed by atoms with E-state index in [0.717, 1.165) is 9.37 Å². The van der Waals surface area contributed by atoms with Gasteiger partial charge >= 0.3 is 6.03 Å². The van der Waals surface area contributed by atoms with Gasteiger partial charge in [-0.2, -0.15) is 0 Å². The summed E-state index contributed by atoms with van der Waals surface area (Å²) in [6.45, 7) is 0.0608. The Balaban J connectivity index is 1.94. The molecule has 4 amide bonds. The summed E-state index contributed by atoms with van der Waals surface area (Å²) in [5.41, 5.74) is 0.623. The molecule has 3 rings (SSSR count). The van der Waals surface area contributed by atoms with Gasteiger partial charge in [0.2, 0.25) is 0 Å².